The Hall–Kier alpha value is -2.91. The number of thioether (sulfide) groups is 1. The molecule has 27 heavy (non-hydrogen) atoms. The molecule has 10 heteroatoms. The summed E-state index contributed by atoms with van der Waals surface area (Å²) in [4.78, 5) is 27.9. The van der Waals surface area contributed by atoms with Crippen LogP contribution in [-0.2, 0) is 11.8 Å². The summed E-state index contributed by atoms with van der Waals surface area (Å²) in [6, 6.07) is 10.00. The van der Waals surface area contributed by atoms with Crippen molar-refractivity contribution >= 4 is 35.2 Å². The van der Waals surface area contributed by atoms with Gasteiger partial charge in [0.15, 0.2) is 11.0 Å². The van der Waals surface area contributed by atoms with Gasteiger partial charge in [-0.25, -0.2) is 0 Å². The number of aromatic nitrogens is 4. The van der Waals surface area contributed by atoms with Gasteiger partial charge in [-0.15, -0.1) is 10.2 Å². The SMILES string of the molecule is Cn1c(SCC(=O)NNC(=O)c2ccc(Cl)cc2)nnc1-c1ccncc1. The van der Waals surface area contributed by atoms with Gasteiger partial charge < -0.3 is 4.57 Å². The molecule has 3 rings (SSSR count). The van der Waals surface area contributed by atoms with Gasteiger partial charge in [-0.05, 0) is 36.4 Å². The number of halogens is 1. The lowest BCUT2D eigenvalue weighted by atomic mass is 10.2. The van der Waals surface area contributed by atoms with Crippen LogP contribution < -0.4 is 10.9 Å². The Bertz CT molecular complexity index is 946. The molecule has 0 aliphatic heterocycles. The second-order valence-electron chi connectivity index (χ2n) is 5.40. The molecule has 0 aliphatic rings. The Balaban J connectivity index is 1.52. The number of rotatable bonds is 5. The van der Waals surface area contributed by atoms with Crippen molar-refractivity contribution in [3.63, 3.8) is 0 Å². The summed E-state index contributed by atoms with van der Waals surface area (Å²) in [7, 11) is 1.82. The molecule has 0 bridgehead atoms. The fourth-order valence-electron chi connectivity index (χ4n) is 2.16. The number of hydrogen-bond acceptors (Lipinski definition) is 6. The Labute approximate surface area is 164 Å². The summed E-state index contributed by atoms with van der Waals surface area (Å²) >= 11 is 6.99. The van der Waals surface area contributed by atoms with Crippen molar-refractivity contribution in [1.29, 1.82) is 0 Å². The van der Waals surface area contributed by atoms with Gasteiger partial charge in [0.25, 0.3) is 5.91 Å². The van der Waals surface area contributed by atoms with Gasteiger partial charge in [-0.3, -0.25) is 25.4 Å². The van der Waals surface area contributed by atoms with Crippen LogP contribution in [0.1, 0.15) is 10.4 Å². The lowest BCUT2D eigenvalue weighted by molar-refractivity contribution is -0.119. The van der Waals surface area contributed by atoms with Crippen LogP contribution in [0.5, 0.6) is 0 Å². The van der Waals surface area contributed by atoms with Gasteiger partial charge in [-0.1, -0.05) is 23.4 Å². The average Bonchev–Trinajstić information content (AvgIpc) is 3.06. The zero-order valence-electron chi connectivity index (χ0n) is 14.2. The third-order valence-electron chi connectivity index (χ3n) is 3.53. The highest BCUT2D eigenvalue weighted by Crippen LogP contribution is 2.21. The van der Waals surface area contributed by atoms with E-state index in [4.69, 9.17) is 11.6 Å². The first-order valence-electron chi connectivity index (χ1n) is 7.82. The van der Waals surface area contributed by atoms with Crippen LogP contribution in [0.2, 0.25) is 5.02 Å². The predicted octanol–water partition coefficient (Wildman–Crippen LogP) is 2.08. The van der Waals surface area contributed by atoms with E-state index < -0.39 is 5.91 Å². The summed E-state index contributed by atoms with van der Waals surface area (Å²) in [6.45, 7) is 0. The van der Waals surface area contributed by atoms with Crippen LogP contribution in [0.15, 0.2) is 53.9 Å². The topological polar surface area (TPSA) is 102 Å². The van der Waals surface area contributed by atoms with Crippen molar-refractivity contribution in [3.05, 3.63) is 59.4 Å². The number of nitrogens with one attached hydrogen (secondary N) is 2. The van der Waals surface area contributed by atoms with Gasteiger partial charge >= 0.3 is 0 Å². The van der Waals surface area contributed by atoms with Gasteiger partial charge in [-0.2, -0.15) is 0 Å². The van der Waals surface area contributed by atoms with Crippen LogP contribution >= 0.6 is 23.4 Å². The molecule has 1 aromatic carbocycles. The highest BCUT2D eigenvalue weighted by molar-refractivity contribution is 7.99. The van der Waals surface area contributed by atoms with E-state index in [2.05, 4.69) is 26.0 Å². The molecule has 0 spiro atoms. The Morgan fingerprint density at radius 1 is 1.07 bits per heavy atom. The molecule has 0 atom stereocenters. The number of hydrazine groups is 1. The third kappa shape index (κ3) is 4.83. The molecule has 8 nitrogen and oxygen atoms in total. The maximum Gasteiger partial charge on any atom is 0.269 e. The number of pyridine rings is 1. The minimum atomic E-state index is -0.427. The molecule has 2 aromatic heterocycles. The van der Waals surface area contributed by atoms with E-state index in [-0.39, 0.29) is 11.7 Å². The van der Waals surface area contributed by atoms with Crippen LogP contribution in [0.25, 0.3) is 11.4 Å². The van der Waals surface area contributed by atoms with Gasteiger partial charge in [0.1, 0.15) is 0 Å². The number of carbonyl (C=O) groups excluding carboxylic acids is 2. The molecule has 0 radical (unpaired) electrons. The second-order valence-corrected chi connectivity index (χ2v) is 6.78. The van der Waals surface area contributed by atoms with Crippen LogP contribution in [0.3, 0.4) is 0 Å². The molecule has 2 heterocycles. The molecule has 0 saturated carbocycles. The first-order chi connectivity index (χ1) is 13.0. The van der Waals surface area contributed by atoms with E-state index in [0.29, 0.717) is 21.6 Å². The van der Waals surface area contributed by atoms with Crippen molar-refractivity contribution in [2.45, 2.75) is 5.16 Å². The minimum absolute atomic E-state index is 0.0726. The fourth-order valence-corrected chi connectivity index (χ4v) is 3.00. The van der Waals surface area contributed by atoms with Gasteiger partial charge in [0.2, 0.25) is 5.91 Å². The molecule has 2 amide bonds. The fraction of sp³-hybridized carbons (Fsp3) is 0.118. The third-order valence-corrected chi connectivity index (χ3v) is 4.80. The van der Waals surface area contributed by atoms with Crippen LogP contribution in [-0.4, -0.2) is 37.3 Å². The molecule has 2 N–H and O–H groups in total. The molecule has 0 fully saturated rings. The second kappa shape index (κ2) is 8.65. The lowest BCUT2D eigenvalue weighted by Crippen LogP contribution is -2.42. The van der Waals surface area contributed by atoms with E-state index in [1.165, 1.54) is 11.8 Å². The van der Waals surface area contributed by atoms with Crippen molar-refractivity contribution in [2.75, 3.05) is 5.75 Å². The molecule has 0 saturated heterocycles. The predicted molar refractivity (Wildman–Crippen MR) is 102 cm³/mol. The molecular weight excluding hydrogens is 388 g/mol. The van der Waals surface area contributed by atoms with Gasteiger partial charge in [0, 0.05) is 35.6 Å². The zero-order valence-corrected chi connectivity index (χ0v) is 15.8. The monoisotopic (exact) mass is 402 g/mol. The summed E-state index contributed by atoms with van der Waals surface area (Å²) in [6.07, 6.45) is 3.35. The summed E-state index contributed by atoms with van der Waals surface area (Å²) in [5.74, 6) is -0.0424. The molecule has 3 aromatic rings. The minimum Gasteiger partial charge on any atom is -0.305 e. The Morgan fingerprint density at radius 2 is 1.78 bits per heavy atom. The maximum absolute atomic E-state index is 12.0. The van der Waals surface area contributed by atoms with Crippen LogP contribution in [0.4, 0.5) is 0 Å². The normalized spacial score (nSPS) is 10.4. The zero-order chi connectivity index (χ0) is 19.2. The number of carbonyl (C=O) groups is 2. The highest BCUT2D eigenvalue weighted by Gasteiger charge is 2.13. The van der Waals surface area contributed by atoms with E-state index in [9.17, 15) is 9.59 Å². The van der Waals surface area contributed by atoms with Crippen molar-refractivity contribution in [3.8, 4) is 11.4 Å². The molecule has 138 valence electrons. The summed E-state index contributed by atoms with van der Waals surface area (Å²) in [5.41, 5.74) is 5.99. The van der Waals surface area contributed by atoms with E-state index in [0.717, 1.165) is 5.56 Å². The molecular formula is C17H15ClN6O2S. The summed E-state index contributed by atoms with van der Waals surface area (Å²) in [5, 5.41) is 9.34. The highest BCUT2D eigenvalue weighted by atomic mass is 35.5. The van der Waals surface area contributed by atoms with Crippen molar-refractivity contribution in [1.82, 2.24) is 30.6 Å². The van der Waals surface area contributed by atoms with Gasteiger partial charge in [0.05, 0.1) is 5.75 Å². The smallest absolute Gasteiger partial charge is 0.269 e. The molecule has 0 aliphatic carbocycles. The first-order valence-corrected chi connectivity index (χ1v) is 9.18. The number of benzene rings is 1. The molecule has 0 unspecified atom stereocenters. The quantitative estimate of drug-likeness (QED) is 0.500. The number of amides is 2. The van der Waals surface area contributed by atoms with E-state index in [1.54, 1.807) is 41.2 Å². The Morgan fingerprint density at radius 3 is 2.48 bits per heavy atom. The van der Waals surface area contributed by atoms with Crippen molar-refractivity contribution < 1.29 is 9.59 Å². The Kier molecular flexibility index (Phi) is 6.05. The maximum atomic E-state index is 12.0. The largest absolute Gasteiger partial charge is 0.305 e. The first kappa shape index (κ1) is 18.9. The van der Waals surface area contributed by atoms with Crippen molar-refractivity contribution in [2.24, 2.45) is 7.05 Å². The number of hydrogen-bond donors (Lipinski definition) is 2. The average molecular weight is 403 g/mol. The lowest BCUT2D eigenvalue weighted by Gasteiger charge is -2.07. The standard InChI is InChI=1S/C17H15ClN6O2S/c1-24-15(11-6-8-19-9-7-11)21-23-17(24)27-10-14(25)20-22-16(26)12-2-4-13(18)5-3-12/h2-9H,10H2,1H3,(H,20,25)(H,22,26). The van der Waals surface area contributed by atoms with Crippen LogP contribution in [0, 0.1) is 0 Å². The summed E-state index contributed by atoms with van der Waals surface area (Å²) < 4.78 is 1.79. The van der Waals surface area contributed by atoms with E-state index >= 15 is 0 Å². The number of nitrogens with zero attached hydrogens (tertiary/aromatic N) is 4. The van der Waals surface area contributed by atoms with E-state index in [1.807, 2.05) is 19.2 Å².